The molecule has 68 valence electrons. The van der Waals surface area contributed by atoms with Crippen LogP contribution in [0.25, 0.3) is 0 Å². The van der Waals surface area contributed by atoms with Crippen molar-refractivity contribution in [1.29, 1.82) is 5.26 Å². The van der Waals surface area contributed by atoms with Crippen LogP contribution in [0.15, 0.2) is 24.3 Å². The van der Waals surface area contributed by atoms with Gasteiger partial charge in [-0.1, -0.05) is 25.1 Å². The maximum atomic E-state index is 8.80. The van der Waals surface area contributed by atoms with E-state index >= 15 is 0 Å². The Morgan fingerprint density at radius 3 is 2.85 bits per heavy atom. The number of nitriles is 1. The predicted molar refractivity (Wildman–Crippen MR) is 53.2 cm³/mol. The molecular formula is C11H14N2. The average Bonchev–Trinajstić information content (AvgIpc) is 2.19. The first-order valence-electron chi connectivity index (χ1n) is 4.57. The molecule has 0 bridgehead atoms. The van der Waals surface area contributed by atoms with Gasteiger partial charge in [-0.15, -0.1) is 0 Å². The van der Waals surface area contributed by atoms with Crippen LogP contribution in [-0.4, -0.2) is 6.54 Å². The molecule has 2 heteroatoms. The largest absolute Gasteiger partial charge is 0.313 e. The SMILES string of the molecule is CCCNCc1ccccc1C#N. The number of rotatable bonds is 4. The lowest BCUT2D eigenvalue weighted by atomic mass is 10.1. The van der Waals surface area contributed by atoms with E-state index in [1.165, 1.54) is 0 Å². The Morgan fingerprint density at radius 1 is 1.38 bits per heavy atom. The third kappa shape index (κ3) is 2.89. The van der Waals surface area contributed by atoms with Crippen molar-refractivity contribution in [1.82, 2.24) is 5.32 Å². The van der Waals surface area contributed by atoms with E-state index in [2.05, 4.69) is 18.3 Å². The summed E-state index contributed by atoms with van der Waals surface area (Å²) in [6.07, 6.45) is 1.12. The van der Waals surface area contributed by atoms with Crippen molar-refractivity contribution in [3.8, 4) is 6.07 Å². The Morgan fingerprint density at radius 2 is 2.15 bits per heavy atom. The topological polar surface area (TPSA) is 35.8 Å². The van der Waals surface area contributed by atoms with E-state index in [9.17, 15) is 0 Å². The molecule has 2 nitrogen and oxygen atoms in total. The average molecular weight is 174 g/mol. The molecule has 0 aromatic heterocycles. The van der Waals surface area contributed by atoms with Gasteiger partial charge in [0.2, 0.25) is 0 Å². The summed E-state index contributed by atoms with van der Waals surface area (Å²) < 4.78 is 0. The maximum absolute atomic E-state index is 8.80. The van der Waals surface area contributed by atoms with Gasteiger partial charge in [-0.25, -0.2) is 0 Å². The van der Waals surface area contributed by atoms with Crippen LogP contribution < -0.4 is 5.32 Å². The van der Waals surface area contributed by atoms with Crippen molar-refractivity contribution >= 4 is 0 Å². The van der Waals surface area contributed by atoms with E-state index in [0.717, 1.165) is 30.6 Å². The van der Waals surface area contributed by atoms with E-state index in [0.29, 0.717) is 0 Å². The number of hydrogen-bond acceptors (Lipinski definition) is 2. The summed E-state index contributed by atoms with van der Waals surface area (Å²) in [5.41, 5.74) is 1.85. The first-order chi connectivity index (χ1) is 6.38. The Balaban J connectivity index is 2.60. The molecule has 0 amide bonds. The van der Waals surface area contributed by atoms with Crippen LogP contribution >= 0.6 is 0 Å². The zero-order chi connectivity index (χ0) is 9.52. The molecule has 0 unspecified atom stereocenters. The van der Waals surface area contributed by atoms with Gasteiger partial charge in [0.1, 0.15) is 0 Å². The summed E-state index contributed by atoms with van der Waals surface area (Å²) >= 11 is 0. The summed E-state index contributed by atoms with van der Waals surface area (Å²) in [6, 6.07) is 9.87. The fourth-order valence-electron chi connectivity index (χ4n) is 1.18. The first kappa shape index (κ1) is 9.76. The molecule has 0 spiro atoms. The lowest BCUT2D eigenvalue weighted by Gasteiger charge is -2.04. The minimum absolute atomic E-state index is 0.770. The second kappa shape index (κ2) is 5.34. The molecule has 1 rings (SSSR count). The van der Waals surface area contributed by atoms with E-state index < -0.39 is 0 Å². The molecule has 0 aliphatic heterocycles. The minimum Gasteiger partial charge on any atom is -0.313 e. The molecule has 0 aliphatic rings. The fourth-order valence-corrected chi connectivity index (χ4v) is 1.18. The van der Waals surface area contributed by atoms with Gasteiger partial charge in [0.05, 0.1) is 11.6 Å². The Bertz CT molecular complexity index is 299. The highest BCUT2D eigenvalue weighted by Gasteiger charge is 1.98. The molecule has 1 aromatic rings. The van der Waals surface area contributed by atoms with E-state index in [-0.39, 0.29) is 0 Å². The van der Waals surface area contributed by atoms with Gasteiger partial charge in [-0.05, 0) is 24.6 Å². The molecule has 0 heterocycles. The number of nitrogens with one attached hydrogen (secondary N) is 1. The molecule has 0 radical (unpaired) electrons. The van der Waals surface area contributed by atoms with Gasteiger partial charge in [-0.3, -0.25) is 0 Å². The van der Waals surface area contributed by atoms with Crippen LogP contribution in [0.4, 0.5) is 0 Å². The third-order valence-electron chi connectivity index (χ3n) is 1.88. The standard InChI is InChI=1S/C11H14N2/c1-2-7-13-9-11-6-4-3-5-10(11)8-12/h3-6,13H,2,7,9H2,1H3. The summed E-state index contributed by atoms with van der Waals surface area (Å²) in [7, 11) is 0. The molecule has 0 saturated carbocycles. The molecule has 0 fully saturated rings. The van der Waals surface area contributed by atoms with Crippen LogP contribution in [0.1, 0.15) is 24.5 Å². The number of benzene rings is 1. The maximum Gasteiger partial charge on any atom is 0.0995 e. The lowest BCUT2D eigenvalue weighted by molar-refractivity contribution is 0.674. The van der Waals surface area contributed by atoms with Crippen LogP contribution in [-0.2, 0) is 6.54 Å². The highest BCUT2D eigenvalue weighted by molar-refractivity contribution is 5.37. The Kier molecular flexibility index (Phi) is 4.01. The van der Waals surface area contributed by atoms with Crippen molar-refractivity contribution in [3.05, 3.63) is 35.4 Å². The molecule has 0 aliphatic carbocycles. The minimum atomic E-state index is 0.770. The van der Waals surface area contributed by atoms with Gasteiger partial charge < -0.3 is 5.32 Å². The number of hydrogen-bond donors (Lipinski definition) is 1. The lowest BCUT2D eigenvalue weighted by Crippen LogP contribution is -2.14. The van der Waals surface area contributed by atoms with Gasteiger partial charge >= 0.3 is 0 Å². The highest BCUT2D eigenvalue weighted by Crippen LogP contribution is 2.06. The molecule has 1 aromatic carbocycles. The Labute approximate surface area is 79.2 Å². The zero-order valence-corrected chi connectivity index (χ0v) is 7.88. The first-order valence-corrected chi connectivity index (χ1v) is 4.57. The van der Waals surface area contributed by atoms with Crippen molar-refractivity contribution in [2.24, 2.45) is 0 Å². The second-order valence-electron chi connectivity index (χ2n) is 2.95. The van der Waals surface area contributed by atoms with Gasteiger partial charge in [0, 0.05) is 6.54 Å². The molecular weight excluding hydrogens is 160 g/mol. The zero-order valence-electron chi connectivity index (χ0n) is 7.88. The van der Waals surface area contributed by atoms with E-state index in [4.69, 9.17) is 5.26 Å². The van der Waals surface area contributed by atoms with Crippen LogP contribution in [0, 0.1) is 11.3 Å². The quantitative estimate of drug-likeness (QED) is 0.709. The molecule has 0 atom stereocenters. The summed E-state index contributed by atoms with van der Waals surface area (Å²) in [5, 5.41) is 12.1. The molecule has 1 N–H and O–H groups in total. The van der Waals surface area contributed by atoms with Crippen LogP contribution in [0.5, 0.6) is 0 Å². The molecule has 0 saturated heterocycles. The van der Waals surface area contributed by atoms with Crippen LogP contribution in [0.3, 0.4) is 0 Å². The van der Waals surface area contributed by atoms with E-state index in [1.54, 1.807) is 0 Å². The summed E-state index contributed by atoms with van der Waals surface area (Å²) in [5.74, 6) is 0. The summed E-state index contributed by atoms with van der Waals surface area (Å²) in [4.78, 5) is 0. The Hall–Kier alpha value is -1.33. The predicted octanol–water partition coefficient (Wildman–Crippen LogP) is 2.06. The smallest absolute Gasteiger partial charge is 0.0995 e. The normalized spacial score (nSPS) is 9.54. The van der Waals surface area contributed by atoms with E-state index in [1.807, 2.05) is 24.3 Å². The van der Waals surface area contributed by atoms with Gasteiger partial charge in [0.25, 0.3) is 0 Å². The van der Waals surface area contributed by atoms with Crippen molar-refractivity contribution < 1.29 is 0 Å². The second-order valence-corrected chi connectivity index (χ2v) is 2.95. The molecule has 13 heavy (non-hydrogen) atoms. The van der Waals surface area contributed by atoms with Crippen LogP contribution in [0.2, 0.25) is 0 Å². The van der Waals surface area contributed by atoms with Crippen molar-refractivity contribution in [2.75, 3.05) is 6.54 Å². The third-order valence-corrected chi connectivity index (χ3v) is 1.88. The van der Waals surface area contributed by atoms with Gasteiger partial charge in [-0.2, -0.15) is 5.26 Å². The summed E-state index contributed by atoms with van der Waals surface area (Å²) in [6.45, 7) is 3.92. The highest BCUT2D eigenvalue weighted by atomic mass is 14.8. The monoisotopic (exact) mass is 174 g/mol. The number of nitrogens with zero attached hydrogens (tertiary/aromatic N) is 1. The fraction of sp³-hybridized carbons (Fsp3) is 0.364. The van der Waals surface area contributed by atoms with Gasteiger partial charge in [0.15, 0.2) is 0 Å². The van der Waals surface area contributed by atoms with Crippen molar-refractivity contribution in [2.45, 2.75) is 19.9 Å². The van der Waals surface area contributed by atoms with Crippen molar-refractivity contribution in [3.63, 3.8) is 0 Å².